The molecular weight excluding hydrogens is 326 g/mol. The quantitative estimate of drug-likeness (QED) is 0.738. The molecule has 0 heterocycles. The van der Waals surface area contributed by atoms with Crippen molar-refractivity contribution in [3.05, 3.63) is 70.8 Å². The third-order valence-corrected chi connectivity index (χ3v) is 3.84. The van der Waals surface area contributed by atoms with E-state index in [2.05, 4.69) is 28.1 Å². The Morgan fingerprint density at radius 3 is 2.48 bits per heavy atom. The maximum Gasteiger partial charge on any atom is 0.254 e. The van der Waals surface area contributed by atoms with E-state index >= 15 is 0 Å². The molecule has 0 saturated heterocycles. The number of rotatable bonds is 5. The second-order valence-electron chi connectivity index (χ2n) is 5.22. The summed E-state index contributed by atoms with van der Waals surface area (Å²) in [5.74, 6) is 0.0968. The highest BCUT2D eigenvalue weighted by atomic mass is 79.9. The Balaban J connectivity index is 2.25. The van der Waals surface area contributed by atoms with E-state index in [1.807, 2.05) is 55.1 Å². The molecule has 21 heavy (non-hydrogen) atoms. The Labute approximate surface area is 134 Å². The van der Waals surface area contributed by atoms with Crippen molar-refractivity contribution in [1.29, 1.82) is 0 Å². The molecule has 2 aromatic carbocycles. The van der Waals surface area contributed by atoms with Gasteiger partial charge in [0.15, 0.2) is 0 Å². The smallest absolute Gasteiger partial charge is 0.254 e. The standard InChI is InChI=1S/C18H20BrNO/c1-14-8-9-15(2)17(12-14)18(21)20(11-10-19)13-16-6-4-3-5-7-16/h3-9,12H,10-11,13H2,1-2H3. The lowest BCUT2D eigenvalue weighted by atomic mass is 10.0. The summed E-state index contributed by atoms with van der Waals surface area (Å²) in [4.78, 5) is 14.7. The summed E-state index contributed by atoms with van der Waals surface area (Å²) in [6, 6.07) is 16.1. The van der Waals surface area contributed by atoms with Crippen molar-refractivity contribution < 1.29 is 4.79 Å². The topological polar surface area (TPSA) is 20.3 Å². The second kappa shape index (κ2) is 7.41. The molecule has 0 spiro atoms. The number of hydrogen-bond donors (Lipinski definition) is 0. The van der Waals surface area contributed by atoms with Gasteiger partial charge in [0, 0.05) is 24.0 Å². The van der Waals surface area contributed by atoms with Crippen LogP contribution in [0.15, 0.2) is 48.5 Å². The van der Waals surface area contributed by atoms with Crippen LogP contribution in [0.25, 0.3) is 0 Å². The number of alkyl halides is 1. The van der Waals surface area contributed by atoms with Crippen molar-refractivity contribution in [3.8, 4) is 0 Å². The zero-order valence-electron chi connectivity index (χ0n) is 12.5. The molecule has 0 bridgehead atoms. The van der Waals surface area contributed by atoms with E-state index in [1.165, 1.54) is 0 Å². The lowest BCUT2D eigenvalue weighted by molar-refractivity contribution is 0.0754. The van der Waals surface area contributed by atoms with Crippen LogP contribution < -0.4 is 0 Å². The number of halogens is 1. The molecule has 3 heteroatoms. The number of hydrogen-bond acceptors (Lipinski definition) is 1. The van der Waals surface area contributed by atoms with E-state index < -0.39 is 0 Å². The van der Waals surface area contributed by atoms with Crippen LogP contribution >= 0.6 is 15.9 Å². The molecule has 2 aromatic rings. The summed E-state index contributed by atoms with van der Waals surface area (Å²) in [6.07, 6.45) is 0. The third kappa shape index (κ3) is 4.18. The summed E-state index contributed by atoms with van der Waals surface area (Å²) < 4.78 is 0. The average molecular weight is 346 g/mol. The van der Waals surface area contributed by atoms with Gasteiger partial charge in [-0.05, 0) is 31.0 Å². The number of aryl methyl sites for hydroxylation is 2. The minimum absolute atomic E-state index is 0.0968. The monoisotopic (exact) mass is 345 g/mol. The first kappa shape index (κ1) is 15.8. The van der Waals surface area contributed by atoms with E-state index in [0.29, 0.717) is 13.1 Å². The second-order valence-corrected chi connectivity index (χ2v) is 6.01. The lowest BCUT2D eigenvalue weighted by Crippen LogP contribution is -2.32. The van der Waals surface area contributed by atoms with Gasteiger partial charge in [0.05, 0.1) is 0 Å². The van der Waals surface area contributed by atoms with Crippen molar-refractivity contribution in [3.63, 3.8) is 0 Å². The van der Waals surface area contributed by atoms with Crippen LogP contribution in [-0.4, -0.2) is 22.7 Å². The Hall–Kier alpha value is -1.61. The van der Waals surface area contributed by atoms with Gasteiger partial charge in [-0.2, -0.15) is 0 Å². The molecular formula is C18H20BrNO. The minimum Gasteiger partial charge on any atom is -0.333 e. The van der Waals surface area contributed by atoms with Crippen LogP contribution in [0.2, 0.25) is 0 Å². The van der Waals surface area contributed by atoms with Crippen LogP contribution in [0.1, 0.15) is 27.0 Å². The number of carbonyl (C=O) groups excluding carboxylic acids is 1. The van der Waals surface area contributed by atoms with Gasteiger partial charge >= 0.3 is 0 Å². The van der Waals surface area contributed by atoms with Gasteiger partial charge in [-0.3, -0.25) is 4.79 Å². The highest BCUT2D eigenvalue weighted by Gasteiger charge is 2.17. The van der Waals surface area contributed by atoms with Gasteiger partial charge in [-0.25, -0.2) is 0 Å². The highest BCUT2D eigenvalue weighted by Crippen LogP contribution is 2.15. The molecule has 0 aliphatic rings. The minimum atomic E-state index is 0.0968. The highest BCUT2D eigenvalue weighted by molar-refractivity contribution is 9.09. The van der Waals surface area contributed by atoms with E-state index in [4.69, 9.17) is 0 Å². The number of carbonyl (C=O) groups is 1. The molecule has 0 fully saturated rings. The fourth-order valence-electron chi connectivity index (χ4n) is 2.29. The maximum atomic E-state index is 12.8. The van der Waals surface area contributed by atoms with Crippen molar-refractivity contribution in [2.75, 3.05) is 11.9 Å². The average Bonchev–Trinajstić information content (AvgIpc) is 2.49. The predicted molar refractivity (Wildman–Crippen MR) is 90.9 cm³/mol. The molecule has 0 aliphatic heterocycles. The predicted octanol–water partition coefficient (Wildman–Crippen LogP) is 4.34. The zero-order chi connectivity index (χ0) is 15.2. The van der Waals surface area contributed by atoms with Gasteiger partial charge in [-0.15, -0.1) is 0 Å². The van der Waals surface area contributed by atoms with E-state index in [-0.39, 0.29) is 5.91 Å². The lowest BCUT2D eigenvalue weighted by Gasteiger charge is -2.23. The van der Waals surface area contributed by atoms with E-state index in [1.54, 1.807) is 0 Å². The Bertz CT molecular complexity index is 610. The molecule has 0 aliphatic carbocycles. The Morgan fingerprint density at radius 2 is 1.81 bits per heavy atom. The largest absolute Gasteiger partial charge is 0.333 e. The number of nitrogens with zero attached hydrogens (tertiary/aromatic N) is 1. The van der Waals surface area contributed by atoms with E-state index in [0.717, 1.165) is 27.6 Å². The zero-order valence-corrected chi connectivity index (χ0v) is 14.1. The molecule has 0 saturated carbocycles. The van der Waals surface area contributed by atoms with Crippen LogP contribution in [0, 0.1) is 13.8 Å². The maximum absolute atomic E-state index is 12.8. The summed E-state index contributed by atoms with van der Waals surface area (Å²) in [7, 11) is 0. The first-order valence-corrected chi connectivity index (χ1v) is 8.20. The summed E-state index contributed by atoms with van der Waals surface area (Å²) in [5, 5.41) is 0.774. The van der Waals surface area contributed by atoms with Crippen molar-refractivity contribution in [1.82, 2.24) is 4.90 Å². The van der Waals surface area contributed by atoms with Gasteiger partial charge in [0.25, 0.3) is 5.91 Å². The Morgan fingerprint density at radius 1 is 1.10 bits per heavy atom. The molecule has 2 rings (SSSR count). The van der Waals surface area contributed by atoms with Gasteiger partial charge in [0.1, 0.15) is 0 Å². The molecule has 0 radical (unpaired) electrons. The first-order valence-electron chi connectivity index (χ1n) is 7.08. The molecule has 0 aromatic heterocycles. The van der Waals surface area contributed by atoms with Crippen LogP contribution in [-0.2, 0) is 6.54 Å². The fourth-order valence-corrected chi connectivity index (χ4v) is 2.72. The molecule has 0 N–H and O–H groups in total. The van der Waals surface area contributed by atoms with Gasteiger partial charge < -0.3 is 4.90 Å². The molecule has 110 valence electrons. The Kier molecular flexibility index (Phi) is 5.57. The van der Waals surface area contributed by atoms with Gasteiger partial charge in [0.2, 0.25) is 0 Å². The molecule has 0 unspecified atom stereocenters. The van der Waals surface area contributed by atoms with Gasteiger partial charge in [-0.1, -0.05) is 64.0 Å². The molecule has 1 amide bonds. The van der Waals surface area contributed by atoms with Crippen LogP contribution in [0.4, 0.5) is 0 Å². The van der Waals surface area contributed by atoms with Crippen LogP contribution in [0.5, 0.6) is 0 Å². The van der Waals surface area contributed by atoms with Crippen molar-refractivity contribution in [2.45, 2.75) is 20.4 Å². The van der Waals surface area contributed by atoms with Crippen molar-refractivity contribution in [2.24, 2.45) is 0 Å². The van der Waals surface area contributed by atoms with Crippen LogP contribution in [0.3, 0.4) is 0 Å². The summed E-state index contributed by atoms with van der Waals surface area (Å²) in [6.45, 7) is 5.34. The fraction of sp³-hybridized carbons (Fsp3) is 0.278. The van der Waals surface area contributed by atoms with E-state index in [9.17, 15) is 4.79 Å². The number of amides is 1. The number of benzene rings is 2. The molecule has 2 nitrogen and oxygen atoms in total. The normalized spacial score (nSPS) is 10.4. The first-order chi connectivity index (χ1) is 10.1. The van der Waals surface area contributed by atoms with Crippen molar-refractivity contribution >= 4 is 21.8 Å². The third-order valence-electron chi connectivity index (χ3n) is 3.48. The summed E-state index contributed by atoms with van der Waals surface area (Å²) in [5.41, 5.74) is 4.09. The molecule has 0 atom stereocenters. The SMILES string of the molecule is Cc1ccc(C)c(C(=O)N(CCBr)Cc2ccccc2)c1. The summed E-state index contributed by atoms with van der Waals surface area (Å²) >= 11 is 3.44.